The number of ether oxygens (including phenoxy) is 1. The van der Waals surface area contributed by atoms with Gasteiger partial charge in [0.05, 0.1) is 48.6 Å². The predicted molar refractivity (Wildman–Crippen MR) is 202 cm³/mol. The third-order valence-corrected chi connectivity index (χ3v) is 13.1. The normalized spacial score (nSPS) is 21.2. The molecule has 1 saturated heterocycles. The minimum Gasteiger partial charge on any atom is -0.395 e. The van der Waals surface area contributed by atoms with Gasteiger partial charge in [-0.15, -0.1) is 0 Å². The fraction of sp³-hybridized carbons (Fsp3) is 0.300. The number of aliphatic hydroxyl groups is 1. The number of benzene rings is 4. The van der Waals surface area contributed by atoms with Crippen LogP contribution in [0.4, 0.5) is 9.80 Å². The molecule has 0 bridgehead atoms. The summed E-state index contributed by atoms with van der Waals surface area (Å²) in [4.78, 5) is 45.3. The number of aliphatic hydroxyl groups excluding tert-OH is 1. The number of aromatic nitrogens is 2. The maximum absolute atomic E-state index is 16.4. The number of hydrogen-bond acceptors (Lipinski definition) is 6. The van der Waals surface area contributed by atoms with Crippen LogP contribution < -0.4 is 10.5 Å². The van der Waals surface area contributed by atoms with Crippen LogP contribution in [-0.2, 0) is 33.0 Å². The maximum atomic E-state index is 16.4. The van der Waals surface area contributed by atoms with E-state index in [1.54, 1.807) is 59.4 Å². The van der Waals surface area contributed by atoms with E-state index in [1.165, 1.54) is 4.68 Å². The van der Waals surface area contributed by atoms with E-state index in [1.807, 2.05) is 73.7 Å². The molecule has 5 aromatic rings. The van der Waals surface area contributed by atoms with E-state index in [0.29, 0.717) is 27.3 Å². The molecular formula is C40H40ClFN4O5Si. The Morgan fingerprint density at radius 2 is 1.73 bits per heavy atom. The lowest BCUT2D eigenvalue weighted by atomic mass is 9.82. The Balaban J connectivity index is 1.22. The molecule has 0 aliphatic carbocycles. The van der Waals surface area contributed by atoms with Crippen LogP contribution in [0, 0.1) is 5.92 Å². The molecule has 1 N–H and O–H groups in total. The van der Waals surface area contributed by atoms with Crippen molar-refractivity contribution >= 4 is 48.3 Å². The Kier molecular flexibility index (Phi) is 9.64. The summed E-state index contributed by atoms with van der Waals surface area (Å²) < 4.78 is 24.6. The van der Waals surface area contributed by atoms with Crippen molar-refractivity contribution in [2.24, 2.45) is 5.92 Å². The van der Waals surface area contributed by atoms with Crippen molar-refractivity contribution in [1.82, 2.24) is 14.7 Å². The lowest BCUT2D eigenvalue weighted by Gasteiger charge is -2.31. The van der Waals surface area contributed by atoms with E-state index in [0.717, 1.165) is 16.5 Å². The van der Waals surface area contributed by atoms with E-state index < -0.39 is 31.6 Å². The first-order valence-electron chi connectivity index (χ1n) is 17.4. The first-order valence-corrected chi connectivity index (χ1v) is 20.7. The number of amides is 2. The van der Waals surface area contributed by atoms with Crippen molar-refractivity contribution in [1.29, 1.82) is 0 Å². The third-order valence-electron chi connectivity index (χ3n) is 10.4. The van der Waals surface area contributed by atoms with E-state index in [2.05, 4.69) is 5.10 Å². The second-order valence-electron chi connectivity index (χ2n) is 14.2. The summed E-state index contributed by atoms with van der Waals surface area (Å²) in [6, 6.07) is 29.2. The van der Waals surface area contributed by atoms with E-state index >= 15 is 4.11 Å². The molecule has 1 fully saturated rings. The van der Waals surface area contributed by atoms with Gasteiger partial charge in [0.2, 0.25) is 14.3 Å². The monoisotopic (exact) mass is 738 g/mol. The quantitative estimate of drug-likeness (QED) is 0.125. The van der Waals surface area contributed by atoms with Gasteiger partial charge >= 0.3 is 0 Å². The van der Waals surface area contributed by atoms with Crippen LogP contribution in [0.5, 0.6) is 0 Å². The summed E-state index contributed by atoms with van der Waals surface area (Å²) in [5.41, 5.74) is 0.761. The minimum atomic E-state index is -3.56. The topological polar surface area (TPSA) is 105 Å². The largest absolute Gasteiger partial charge is 0.395 e. The maximum Gasteiger partial charge on any atom is 0.279 e. The van der Waals surface area contributed by atoms with Gasteiger partial charge in [-0.05, 0) is 60.6 Å². The summed E-state index contributed by atoms with van der Waals surface area (Å²) in [5, 5.41) is 15.9. The Morgan fingerprint density at radius 1 is 1.00 bits per heavy atom. The second-order valence-corrected chi connectivity index (χ2v) is 18.4. The van der Waals surface area contributed by atoms with Crippen molar-refractivity contribution in [3.63, 3.8) is 0 Å². The highest BCUT2D eigenvalue weighted by molar-refractivity contribution is 6.72. The molecule has 0 saturated carbocycles. The summed E-state index contributed by atoms with van der Waals surface area (Å²) in [6.07, 6.45) is 0.604. The van der Waals surface area contributed by atoms with Gasteiger partial charge in [-0.2, -0.15) is 9.78 Å². The van der Waals surface area contributed by atoms with Gasteiger partial charge < -0.3 is 23.8 Å². The number of fused-ring (bicyclic) bond motifs is 3. The van der Waals surface area contributed by atoms with Gasteiger partial charge in [0.1, 0.15) is 0 Å². The Bertz CT molecular complexity index is 2210. The zero-order valence-corrected chi connectivity index (χ0v) is 31.0. The van der Waals surface area contributed by atoms with Gasteiger partial charge in [-0.3, -0.25) is 14.4 Å². The van der Waals surface area contributed by atoms with Crippen LogP contribution in [0.15, 0.2) is 108 Å². The van der Waals surface area contributed by atoms with Gasteiger partial charge in [-0.1, -0.05) is 79.2 Å². The lowest BCUT2D eigenvalue weighted by molar-refractivity contribution is -0.150. The fourth-order valence-electron chi connectivity index (χ4n) is 8.14. The molecule has 4 aromatic carbocycles. The van der Waals surface area contributed by atoms with Crippen molar-refractivity contribution in [2.45, 2.75) is 56.8 Å². The predicted octanol–water partition coefficient (Wildman–Crippen LogP) is 6.77. The Labute approximate surface area is 307 Å². The average molecular weight is 739 g/mol. The highest BCUT2D eigenvalue weighted by atomic mass is 35.5. The summed E-state index contributed by atoms with van der Waals surface area (Å²) in [7, 11) is -3.56. The van der Waals surface area contributed by atoms with Crippen LogP contribution in [-0.4, -0.2) is 59.3 Å². The van der Waals surface area contributed by atoms with Crippen molar-refractivity contribution < 1.29 is 23.5 Å². The van der Waals surface area contributed by atoms with Crippen molar-refractivity contribution in [3.8, 4) is 5.69 Å². The van der Waals surface area contributed by atoms with Crippen LogP contribution in [0.1, 0.15) is 30.0 Å². The minimum absolute atomic E-state index is 0.104. The number of rotatable bonds is 10. The molecule has 0 radical (unpaired) electrons. The van der Waals surface area contributed by atoms with Crippen molar-refractivity contribution in [2.75, 3.05) is 18.1 Å². The van der Waals surface area contributed by atoms with Gasteiger partial charge in [-0.25, -0.2) is 0 Å². The standard InChI is InChI=1S/C40H40ClFN4O5Si/c1-26-37(52(2,3)42)35(22-36(48)44(18-19-47)24-27-10-5-4-6-11-27)51-40(26)33-21-30(41)16-17-34(33)45(39(40)50)25-28-12-9-14-31(20-28)46-38(49)32-15-8-7-13-29(32)23-43-46/h4-17,20-21,23,26,35,37,47H,18-19,22,24-25H2,1-3H3/t26-,35+,37-,40+/m1/s1. The zero-order chi connectivity index (χ0) is 36.8. The van der Waals surface area contributed by atoms with Crippen molar-refractivity contribution in [3.05, 3.63) is 135 Å². The number of carbonyl (C=O) groups is 2. The molecule has 9 nitrogen and oxygen atoms in total. The van der Waals surface area contributed by atoms with Crippen LogP contribution >= 0.6 is 11.6 Å². The van der Waals surface area contributed by atoms with Gasteiger partial charge in [0.15, 0.2) is 5.60 Å². The van der Waals surface area contributed by atoms with Crippen LogP contribution in [0.25, 0.3) is 16.5 Å². The summed E-state index contributed by atoms with van der Waals surface area (Å²) in [6.45, 7) is 5.30. The molecule has 12 heteroatoms. The lowest BCUT2D eigenvalue weighted by Crippen LogP contribution is -2.45. The molecule has 2 aliphatic rings. The van der Waals surface area contributed by atoms with E-state index in [4.69, 9.17) is 16.3 Å². The molecule has 2 aliphatic heterocycles. The third kappa shape index (κ3) is 6.36. The SMILES string of the molecule is C[C@@H]1[C@@H]([Si](C)(C)F)[C@H](CC(=O)N(CCO)Cc2ccccc2)O[C@@]12C(=O)N(Cc1cccc(-n3ncc4ccccc4c3=O)c1)c1ccc(Cl)cc12. The summed E-state index contributed by atoms with van der Waals surface area (Å²) in [5.74, 6) is -1.28. The molecule has 1 aromatic heterocycles. The molecule has 3 heterocycles. The molecule has 268 valence electrons. The molecule has 0 unspecified atom stereocenters. The van der Waals surface area contributed by atoms with E-state index in [-0.39, 0.29) is 50.0 Å². The summed E-state index contributed by atoms with van der Waals surface area (Å²) >= 11 is 6.56. The van der Waals surface area contributed by atoms with Crippen LogP contribution in [0.3, 0.4) is 0 Å². The highest BCUT2D eigenvalue weighted by Crippen LogP contribution is 2.60. The van der Waals surface area contributed by atoms with Gasteiger partial charge in [0, 0.05) is 40.5 Å². The number of halogens is 2. The molecule has 52 heavy (non-hydrogen) atoms. The average Bonchev–Trinajstić information content (AvgIpc) is 3.54. The first kappa shape index (κ1) is 35.7. The second kappa shape index (κ2) is 14.0. The number of carbonyl (C=O) groups excluding carboxylic acids is 2. The molecule has 2 amide bonds. The number of hydrogen-bond donors (Lipinski definition) is 1. The number of nitrogens with zero attached hydrogens (tertiary/aromatic N) is 4. The highest BCUT2D eigenvalue weighted by Gasteiger charge is 2.67. The zero-order valence-electron chi connectivity index (χ0n) is 29.2. The molecule has 7 rings (SSSR count). The van der Waals surface area contributed by atoms with Gasteiger partial charge in [0.25, 0.3) is 11.5 Å². The Hall–Kier alpha value is -4.68. The van der Waals surface area contributed by atoms with E-state index in [9.17, 15) is 19.5 Å². The first-order chi connectivity index (χ1) is 24.9. The Morgan fingerprint density at radius 3 is 2.48 bits per heavy atom. The smallest absolute Gasteiger partial charge is 0.279 e. The fourth-order valence-corrected chi connectivity index (χ4v) is 10.8. The molecule has 4 atom stereocenters. The number of anilines is 1. The molecule has 1 spiro atoms. The molecular weight excluding hydrogens is 699 g/mol. The van der Waals surface area contributed by atoms with Crippen LogP contribution in [0.2, 0.25) is 23.7 Å².